The highest BCUT2D eigenvalue weighted by atomic mass is 16.1. The van der Waals surface area contributed by atoms with Crippen molar-refractivity contribution in [2.24, 2.45) is 5.41 Å². The van der Waals surface area contributed by atoms with Crippen molar-refractivity contribution in [1.82, 2.24) is 0 Å². The summed E-state index contributed by atoms with van der Waals surface area (Å²) < 4.78 is 0. The van der Waals surface area contributed by atoms with Gasteiger partial charge in [0.25, 0.3) is 0 Å². The Balaban J connectivity index is 2.84. The zero-order chi connectivity index (χ0) is 15.5. The van der Waals surface area contributed by atoms with Gasteiger partial charge in [0.2, 0.25) is 0 Å². The van der Waals surface area contributed by atoms with Crippen molar-refractivity contribution in [3.63, 3.8) is 0 Å². The molecule has 0 amide bonds. The summed E-state index contributed by atoms with van der Waals surface area (Å²) >= 11 is 0. The van der Waals surface area contributed by atoms with E-state index in [1.54, 1.807) is 6.92 Å². The van der Waals surface area contributed by atoms with E-state index in [2.05, 4.69) is 60.6 Å². The van der Waals surface area contributed by atoms with Gasteiger partial charge in [0.05, 0.1) is 0 Å². The van der Waals surface area contributed by atoms with Crippen LogP contribution >= 0.6 is 0 Å². The summed E-state index contributed by atoms with van der Waals surface area (Å²) in [7, 11) is 0. The molecule has 1 aromatic carbocycles. The predicted octanol–water partition coefficient (Wildman–Crippen LogP) is 5.18. The number of Topliss-reactive ketones (excluding diaryl/α,β-unsaturated/α-hetero) is 1. The molecule has 0 heterocycles. The minimum Gasteiger partial charge on any atom is -0.295 e. The summed E-state index contributed by atoms with van der Waals surface area (Å²) in [6, 6.07) is 4.43. The number of ketones is 1. The average Bonchev–Trinajstić information content (AvgIpc) is 2.45. The Bertz CT molecular complexity index is 578. The van der Waals surface area contributed by atoms with E-state index in [4.69, 9.17) is 0 Å². The second kappa shape index (κ2) is 4.19. The van der Waals surface area contributed by atoms with Crippen LogP contribution in [0.3, 0.4) is 0 Å². The van der Waals surface area contributed by atoms with E-state index in [1.807, 2.05) is 0 Å². The number of benzene rings is 1. The molecule has 0 saturated carbocycles. The fourth-order valence-corrected chi connectivity index (χ4v) is 4.06. The Morgan fingerprint density at radius 2 is 1.60 bits per heavy atom. The van der Waals surface area contributed by atoms with Gasteiger partial charge in [-0.15, -0.1) is 0 Å². The fraction of sp³-hybridized carbons (Fsp3) is 0.632. The number of hydrogen-bond acceptors (Lipinski definition) is 1. The van der Waals surface area contributed by atoms with Gasteiger partial charge >= 0.3 is 0 Å². The lowest BCUT2D eigenvalue weighted by atomic mass is 9.57. The van der Waals surface area contributed by atoms with Crippen molar-refractivity contribution in [3.05, 3.63) is 34.4 Å². The summed E-state index contributed by atoms with van der Waals surface area (Å²) in [4.78, 5) is 11.9. The van der Waals surface area contributed by atoms with Gasteiger partial charge in [0.1, 0.15) is 0 Å². The van der Waals surface area contributed by atoms with Gasteiger partial charge in [-0.2, -0.15) is 0 Å². The lowest BCUT2D eigenvalue weighted by Crippen LogP contribution is -2.43. The van der Waals surface area contributed by atoms with Crippen molar-refractivity contribution >= 4 is 5.78 Å². The minimum absolute atomic E-state index is 0.0744. The highest BCUT2D eigenvalue weighted by molar-refractivity contribution is 5.96. The second-order valence-corrected chi connectivity index (χ2v) is 7.70. The number of carbonyl (C=O) groups excluding carboxylic acids is 1. The molecule has 0 N–H and O–H groups in total. The van der Waals surface area contributed by atoms with Crippen LogP contribution < -0.4 is 0 Å². The Morgan fingerprint density at radius 3 is 2.05 bits per heavy atom. The first-order chi connectivity index (χ1) is 9.00. The molecule has 0 aromatic heterocycles. The van der Waals surface area contributed by atoms with Crippen molar-refractivity contribution in [2.45, 2.75) is 72.6 Å². The van der Waals surface area contributed by atoms with E-state index in [9.17, 15) is 4.79 Å². The molecular formula is C19H28O. The van der Waals surface area contributed by atoms with Crippen molar-refractivity contribution in [3.8, 4) is 0 Å². The largest absolute Gasteiger partial charge is 0.295 e. The van der Waals surface area contributed by atoms with Crippen LogP contribution in [0.2, 0.25) is 0 Å². The van der Waals surface area contributed by atoms with E-state index in [1.165, 1.54) is 11.1 Å². The number of rotatable bonds is 2. The monoisotopic (exact) mass is 272 g/mol. The third-order valence-corrected chi connectivity index (χ3v) is 6.66. The summed E-state index contributed by atoms with van der Waals surface area (Å²) in [5, 5.41) is 0. The van der Waals surface area contributed by atoms with E-state index < -0.39 is 0 Å². The topological polar surface area (TPSA) is 17.1 Å². The zero-order valence-electron chi connectivity index (χ0n) is 14.3. The van der Waals surface area contributed by atoms with Gasteiger partial charge in [0, 0.05) is 5.56 Å². The Hall–Kier alpha value is -1.11. The highest BCUT2D eigenvalue weighted by Gasteiger charge is 2.58. The standard InChI is InChI=1S/C19H28O/c1-9-19(8)16-10-12(2)14(13(3)20)11-15(16)17(4,5)18(19,6)7/h10-11H,9H2,1-8H3. The molecule has 0 radical (unpaired) electrons. The quantitative estimate of drug-likeness (QED) is 0.678. The highest BCUT2D eigenvalue weighted by Crippen LogP contribution is 2.63. The van der Waals surface area contributed by atoms with Crippen LogP contribution in [0.25, 0.3) is 0 Å². The van der Waals surface area contributed by atoms with E-state index in [0.717, 1.165) is 17.5 Å². The molecule has 0 bridgehead atoms. The number of fused-ring (bicyclic) bond motifs is 1. The van der Waals surface area contributed by atoms with Gasteiger partial charge < -0.3 is 0 Å². The van der Waals surface area contributed by atoms with Crippen LogP contribution in [0.5, 0.6) is 0 Å². The van der Waals surface area contributed by atoms with Crippen LogP contribution in [0.15, 0.2) is 12.1 Å². The normalized spacial score (nSPS) is 26.4. The predicted molar refractivity (Wildman–Crippen MR) is 85.6 cm³/mol. The lowest BCUT2D eigenvalue weighted by molar-refractivity contribution is 0.101. The SMILES string of the molecule is CCC1(C)c2cc(C)c(C(C)=O)cc2C(C)(C)C1(C)C. The first kappa shape index (κ1) is 15.3. The van der Waals surface area contributed by atoms with Crippen LogP contribution in [0.1, 0.15) is 81.9 Å². The van der Waals surface area contributed by atoms with Gasteiger partial charge in [0.15, 0.2) is 5.78 Å². The third kappa shape index (κ3) is 1.58. The van der Waals surface area contributed by atoms with Gasteiger partial charge in [-0.1, -0.05) is 47.6 Å². The maximum absolute atomic E-state index is 11.9. The molecular weight excluding hydrogens is 244 g/mol. The first-order valence-electron chi connectivity index (χ1n) is 7.67. The summed E-state index contributed by atoms with van der Waals surface area (Å²) in [6.07, 6.45) is 1.12. The van der Waals surface area contributed by atoms with Crippen LogP contribution in [-0.2, 0) is 10.8 Å². The molecule has 0 aliphatic heterocycles. The Morgan fingerprint density at radius 1 is 1.05 bits per heavy atom. The summed E-state index contributed by atoms with van der Waals surface area (Å²) in [5.74, 6) is 0.170. The first-order valence-corrected chi connectivity index (χ1v) is 7.67. The molecule has 110 valence electrons. The van der Waals surface area contributed by atoms with Gasteiger partial charge in [-0.25, -0.2) is 0 Å². The third-order valence-electron chi connectivity index (χ3n) is 6.66. The molecule has 0 spiro atoms. The van der Waals surface area contributed by atoms with E-state index in [-0.39, 0.29) is 22.0 Å². The van der Waals surface area contributed by atoms with Crippen LogP contribution in [-0.4, -0.2) is 5.78 Å². The zero-order valence-corrected chi connectivity index (χ0v) is 14.3. The molecule has 0 saturated heterocycles. The molecule has 1 aromatic rings. The van der Waals surface area contributed by atoms with E-state index in [0.29, 0.717) is 0 Å². The molecule has 1 aliphatic rings. The number of carbonyl (C=O) groups is 1. The van der Waals surface area contributed by atoms with Crippen molar-refractivity contribution in [2.75, 3.05) is 0 Å². The van der Waals surface area contributed by atoms with Gasteiger partial charge in [-0.05, 0) is 59.3 Å². The second-order valence-electron chi connectivity index (χ2n) is 7.70. The summed E-state index contributed by atoms with van der Waals surface area (Å²) in [6.45, 7) is 17.8. The van der Waals surface area contributed by atoms with Crippen LogP contribution in [0.4, 0.5) is 0 Å². The molecule has 1 nitrogen and oxygen atoms in total. The Labute approximate surface area is 123 Å². The molecule has 1 heteroatoms. The van der Waals surface area contributed by atoms with Gasteiger partial charge in [-0.3, -0.25) is 4.79 Å². The maximum Gasteiger partial charge on any atom is 0.160 e. The number of aryl methyl sites for hydroxylation is 1. The molecule has 20 heavy (non-hydrogen) atoms. The maximum atomic E-state index is 11.9. The molecule has 2 rings (SSSR count). The Kier molecular flexibility index (Phi) is 3.20. The van der Waals surface area contributed by atoms with Crippen LogP contribution in [0, 0.1) is 12.3 Å². The summed E-state index contributed by atoms with van der Waals surface area (Å²) in [5.41, 5.74) is 5.20. The smallest absolute Gasteiger partial charge is 0.160 e. The number of hydrogen-bond donors (Lipinski definition) is 0. The molecule has 1 unspecified atom stereocenters. The lowest BCUT2D eigenvalue weighted by Gasteiger charge is -2.46. The van der Waals surface area contributed by atoms with E-state index >= 15 is 0 Å². The van der Waals surface area contributed by atoms with Crippen molar-refractivity contribution in [1.29, 1.82) is 0 Å². The molecule has 1 atom stereocenters. The van der Waals surface area contributed by atoms with Crippen molar-refractivity contribution < 1.29 is 4.79 Å². The fourth-order valence-electron chi connectivity index (χ4n) is 4.06. The minimum atomic E-state index is 0.0744. The molecule has 0 fully saturated rings. The molecule has 1 aliphatic carbocycles. The average molecular weight is 272 g/mol.